The van der Waals surface area contributed by atoms with E-state index in [1.165, 1.54) is 12.1 Å². The average Bonchev–Trinajstić information content (AvgIpc) is 2.95. The molecular formula is C16H21F3N2O. The minimum absolute atomic E-state index is 0.0517. The van der Waals surface area contributed by atoms with Crippen molar-refractivity contribution in [3.05, 3.63) is 35.4 Å². The highest BCUT2D eigenvalue weighted by Crippen LogP contribution is 2.29. The first-order valence-corrected chi connectivity index (χ1v) is 7.46. The van der Waals surface area contributed by atoms with E-state index in [-0.39, 0.29) is 11.8 Å². The van der Waals surface area contributed by atoms with Gasteiger partial charge in [0.05, 0.1) is 5.56 Å². The van der Waals surface area contributed by atoms with Crippen LogP contribution < -0.4 is 5.73 Å². The number of carbonyl (C=O) groups excluding carboxylic acids is 1. The standard InChI is InChI=1S/C16H21F3N2O/c1-11(15(22)21-7-6-13(9-20)10-21)8-12-2-4-14(5-3-12)16(17,18)19/h2-5,11,13H,6-10,20H2,1H3. The van der Waals surface area contributed by atoms with Crippen LogP contribution in [0.3, 0.4) is 0 Å². The van der Waals surface area contributed by atoms with Gasteiger partial charge < -0.3 is 10.6 Å². The molecular weight excluding hydrogens is 293 g/mol. The van der Waals surface area contributed by atoms with E-state index in [4.69, 9.17) is 5.73 Å². The second-order valence-corrected chi connectivity index (χ2v) is 5.97. The molecule has 2 atom stereocenters. The molecule has 2 unspecified atom stereocenters. The van der Waals surface area contributed by atoms with Gasteiger partial charge >= 0.3 is 6.18 Å². The molecule has 0 aliphatic carbocycles. The summed E-state index contributed by atoms with van der Waals surface area (Å²) < 4.78 is 37.5. The smallest absolute Gasteiger partial charge is 0.342 e. The first kappa shape index (κ1) is 16.8. The molecule has 1 amide bonds. The van der Waals surface area contributed by atoms with E-state index >= 15 is 0 Å². The van der Waals surface area contributed by atoms with Gasteiger partial charge in [0.25, 0.3) is 0 Å². The maximum absolute atomic E-state index is 12.5. The number of benzene rings is 1. The summed E-state index contributed by atoms with van der Waals surface area (Å²) in [5.74, 6) is 0.173. The van der Waals surface area contributed by atoms with E-state index in [9.17, 15) is 18.0 Å². The third kappa shape index (κ3) is 4.00. The molecule has 1 saturated heterocycles. The number of nitrogens with zero attached hydrogens (tertiary/aromatic N) is 1. The Bertz CT molecular complexity index is 513. The van der Waals surface area contributed by atoms with Gasteiger partial charge in [-0.15, -0.1) is 0 Å². The van der Waals surface area contributed by atoms with Crippen molar-refractivity contribution < 1.29 is 18.0 Å². The molecule has 0 aromatic heterocycles. The number of carbonyl (C=O) groups is 1. The second kappa shape index (κ2) is 6.69. The molecule has 2 N–H and O–H groups in total. The van der Waals surface area contributed by atoms with Crippen LogP contribution in [-0.4, -0.2) is 30.4 Å². The van der Waals surface area contributed by atoms with E-state index in [1.807, 2.05) is 11.8 Å². The third-order valence-electron chi connectivity index (χ3n) is 4.18. The first-order valence-electron chi connectivity index (χ1n) is 7.46. The lowest BCUT2D eigenvalue weighted by atomic mass is 9.99. The lowest BCUT2D eigenvalue weighted by Gasteiger charge is -2.21. The summed E-state index contributed by atoms with van der Waals surface area (Å²) in [7, 11) is 0. The van der Waals surface area contributed by atoms with Crippen LogP contribution in [0, 0.1) is 11.8 Å². The highest BCUT2D eigenvalue weighted by atomic mass is 19.4. The Morgan fingerprint density at radius 2 is 2.00 bits per heavy atom. The molecule has 1 heterocycles. The third-order valence-corrected chi connectivity index (χ3v) is 4.18. The molecule has 2 rings (SSSR count). The highest BCUT2D eigenvalue weighted by Gasteiger charge is 2.31. The number of rotatable bonds is 4. The summed E-state index contributed by atoms with van der Waals surface area (Å²) in [5.41, 5.74) is 5.69. The molecule has 122 valence electrons. The van der Waals surface area contributed by atoms with Crippen LogP contribution >= 0.6 is 0 Å². The number of halogens is 3. The largest absolute Gasteiger partial charge is 0.416 e. The Balaban J connectivity index is 1.94. The Morgan fingerprint density at radius 1 is 1.36 bits per heavy atom. The Hall–Kier alpha value is -1.56. The van der Waals surface area contributed by atoms with E-state index < -0.39 is 11.7 Å². The Morgan fingerprint density at radius 3 is 2.50 bits per heavy atom. The molecule has 0 saturated carbocycles. The van der Waals surface area contributed by atoms with Crippen LogP contribution in [0.1, 0.15) is 24.5 Å². The summed E-state index contributed by atoms with van der Waals surface area (Å²) in [6.45, 7) is 3.80. The molecule has 22 heavy (non-hydrogen) atoms. The van der Waals surface area contributed by atoms with E-state index in [2.05, 4.69) is 0 Å². The molecule has 1 aliphatic heterocycles. The molecule has 1 aromatic rings. The predicted octanol–water partition coefficient (Wildman–Crippen LogP) is 2.69. The fourth-order valence-electron chi connectivity index (χ4n) is 2.81. The fourth-order valence-corrected chi connectivity index (χ4v) is 2.81. The molecule has 0 spiro atoms. The quantitative estimate of drug-likeness (QED) is 0.929. The molecule has 1 fully saturated rings. The summed E-state index contributed by atoms with van der Waals surface area (Å²) in [6.07, 6.45) is -2.96. The van der Waals surface area contributed by atoms with Crippen molar-refractivity contribution in [1.82, 2.24) is 4.90 Å². The number of amides is 1. The SMILES string of the molecule is CC(Cc1ccc(C(F)(F)F)cc1)C(=O)N1CCC(CN)C1. The van der Waals surface area contributed by atoms with Crippen LogP contribution in [-0.2, 0) is 17.4 Å². The monoisotopic (exact) mass is 314 g/mol. The summed E-state index contributed by atoms with van der Waals surface area (Å²) >= 11 is 0. The minimum Gasteiger partial charge on any atom is -0.342 e. The predicted molar refractivity (Wildman–Crippen MR) is 78.1 cm³/mol. The molecule has 3 nitrogen and oxygen atoms in total. The maximum atomic E-state index is 12.5. The molecule has 0 bridgehead atoms. The second-order valence-electron chi connectivity index (χ2n) is 5.97. The van der Waals surface area contributed by atoms with Crippen molar-refractivity contribution in [1.29, 1.82) is 0 Å². The lowest BCUT2D eigenvalue weighted by Crippen LogP contribution is -2.34. The fraction of sp³-hybridized carbons (Fsp3) is 0.562. The van der Waals surface area contributed by atoms with Gasteiger partial charge in [-0.1, -0.05) is 19.1 Å². The van der Waals surface area contributed by atoms with Crippen molar-refractivity contribution in [2.75, 3.05) is 19.6 Å². The lowest BCUT2D eigenvalue weighted by molar-refractivity contribution is -0.137. The van der Waals surface area contributed by atoms with Crippen LogP contribution in [0.15, 0.2) is 24.3 Å². The van der Waals surface area contributed by atoms with Crippen molar-refractivity contribution in [2.24, 2.45) is 17.6 Å². The topological polar surface area (TPSA) is 46.3 Å². The minimum atomic E-state index is -4.33. The van der Waals surface area contributed by atoms with Gasteiger partial charge in [-0.05, 0) is 43.0 Å². The Kier molecular flexibility index (Phi) is 5.11. The van der Waals surface area contributed by atoms with Crippen molar-refractivity contribution in [2.45, 2.75) is 25.9 Å². The van der Waals surface area contributed by atoms with Crippen molar-refractivity contribution in [3.8, 4) is 0 Å². The van der Waals surface area contributed by atoms with Crippen molar-refractivity contribution in [3.63, 3.8) is 0 Å². The first-order chi connectivity index (χ1) is 10.3. The van der Waals surface area contributed by atoms with Gasteiger partial charge in [-0.3, -0.25) is 4.79 Å². The highest BCUT2D eigenvalue weighted by molar-refractivity contribution is 5.79. The van der Waals surface area contributed by atoms with Gasteiger partial charge in [-0.2, -0.15) is 13.2 Å². The van der Waals surface area contributed by atoms with Crippen LogP contribution in [0.4, 0.5) is 13.2 Å². The van der Waals surface area contributed by atoms with Gasteiger partial charge in [-0.25, -0.2) is 0 Å². The van der Waals surface area contributed by atoms with Crippen LogP contribution in [0.5, 0.6) is 0 Å². The number of alkyl halides is 3. The number of hydrogen-bond acceptors (Lipinski definition) is 2. The summed E-state index contributed by atoms with van der Waals surface area (Å²) in [4.78, 5) is 14.2. The van der Waals surface area contributed by atoms with Crippen molar-refractivity contribution >= 4 is 5.91 Å². The van der Waals surface area contributed by atoms with Gasteiger partial charge in [0.2, 0.25) is 5.91 Å². The normalized spacial score (nSPS) is 20.2. The molecule has 1 aromatic carbocycles. The van der Waals surface area contributed by atoms with Gasteiger partial charge in [0, 0.05) is 19.0 Å². The zero-order valence-corrected chi connectivity index (χ0v) is 12.6. The molecule has 1 aliphatic rings. The maximum Gasteiger partial charge on any atom is 0.416 e. The number of likely N-dealkylation sites (tertiary alicyclic amines) is 1. The molecule has 0 radical (unpaired) electrons. The van der Waals surface area contributed by atoms with Gasteiger partial charge in [0.15, 0.2) is 0 Å². The van der Waals surface area contributed by atoms with E-state index in [1.54, 1.807) is 0 Å². The van der Waals surface area contributed by atoms with Crippen LogP contribution in [0.2, 0.25) is 0 Å². The zero-order chi connectivity index (χ0) is 16.3. The zero-order valence-electron chi connectivity index (χ0n) is 12.6. The van der Waals surface area contributed by atoms with Crippen LogP contribution in [0.25, 0.3) is 0 Å². The number of hydrogen-bond donors (Lipinski definition) is 1. The number of nitrogens with two attached hydrogens (primary N) is 1. The van der Waals surface area contributed by atoms with E-state index in [0.29, 0.717) is 25.4 Å². The summed E-state index contributed by atoms with van der Waals surface area (Å²) in [5, 5.41) is 0. The molecule has 6 heteroatoms. The Labute approximate surface area is 128 Å². The average molecular weight is 314 g/mol. The summed E-state index contributed by atoms with van der Waals surface area (Å²) in [6, 6.07) is 5.01. The van der Waals surface area contributed by atoms with E-state index in [0.717, 1.165) is 30.7 Å². The van der Waals surface area contributed by atoms with Gasteiger partial charge in [0.1, 0.15) is 0 Å².